The lowest BCUT2D eigenvalue weighted by Gasteiger charge is -1.99. The summed E-state index contributed by atoms with van der Waals surface area (Å²) < 4.78 is 4.51. The van der Waals surface area contributed by atoms with Crippen molar-refractivity contribution in [2.24, 2.45) is 0 Å². The monoisotopic (exact) mass is 170 g/mol. The Kier molecular flexibility index (Phi) is 6.44. The van der Waals surface area contributed by atoms with Crippen LogP contribution in [0.4, 0.5) is 0 Å². The molecule has 0 amide bonds. The maximum Gasteiger partial charge on any atom is 0.330 e. The molecule has 0 heterocycles. The lowest BCUT2D eigenvalue weighted by atomic mass is 10.1. The summed E-state index contributed by atoms with van der Waals surface area (Å²) in [5.41, 5.74) is 1.11. The first kappa shape index (κ1) is 11.2. The molecule has 2 nitrogen and oxygen atoms in total. The van der Waals surface area contributed by atoms with E-state index in [0.29, 0.717) is 0 Å². The molecule has 0 aromatic heterocycles. The Bertz CT molecular complexity index is 159. The molecule has 0 saturated carbocycles. The van der Waals surface area contributed by atoms with Crippen LogP contribution in [-0.4, -0.2) is 13.1 Å². The summed E-state index contributed by atoms with van der Waals surface area (Å²) in [4.78, 5) is 10.8. The van der Waals surface area contributed by atoms with E-state index in [9.17, 15) is 4.79 Å². The van der Waals surface area contributed by atoms with Gasteiger partial charge in [-0.1, -0.05) is 25.3 Å². The summed E-state index contributed by atoms with van der Waals surface area (Å²) in [5.74, 6) is -0.246. The van der Waals surface area contributed by atoms with Crippen LogP contribution < -0.4 is 0 Å². The molecular weight excluding hydrogens is 152 g/mol. The molecule has 0 fully saturated rings. The highest BCUT2D eigenvalue weighted by atomic mass is 16.5. The fourth-order valence-electron chi connectivity index (χ4n) is 0.986. The number of carbonyl (C=O) groups is 1. The third-order valence-corrected chi connectivity index (χ3v) is 1.74. The second kappa shape index (κ2) is 6.89. The molecule has 12 heavy (non-hydrogen) atoms. The topological polar surface area (TPSA) is 26.3 Å². The first-order chi connectivity index (χ1) is 5.70. The van der Waals surface area contributed by atoms with Gasteiger partial charge in [0, 0.05) is 6.08 Å². The number of methoxy groups -OCH3 is 1. The van der Waals surface area contributed by atoms with Crippen molar-refractivity contribution in [1.82, 2.24) is 0 Å². The van der Waals surface area contributed by atoms with Crippen LogP contribution in [0, 0.1) is 0 Å². The number of hydrogen-bond acceptors (Lipinski definition) is 2. The molecular formula is C10H18O2. The molecule has 0 aromatic rings. The largest absolute Gasteiger partial charge is 0.466 e. The molecule has 0 unspecified atom stereocenters. The maximum atomic E-state index is 10.8. The Morgan fingerprint density at radius 3 is 2.58 bits per heavy atom. The highest BCUT2D eigenvalue weighted by Gasteiger charge is 1.95. The number of ether oxygens (including phenoxy) is 1. The van der Waals surface area contributed by atoms with Crippen LogP contribution in [-0.2, 0) is 9.53 Å². The predicted octanol–water partition coefficient (Wildman–Crippen LogP) is 2.69. The van der Waals surface area contributed by atoms with E-state index >= 15 is 0 Å². The van der Waals surface area contributed by atoms with E-state index in [0.717, 1.165) is 18.4 Å². The fourth-order valence-corrected chi connectivity index (χ4v) is 0.986. The second-order valence-electron chi connectivity index (χ2n) is 2.97. The standard InChI is InChI=1S/C10H18O2/c1-4-5-6-7-9(2)8-10(11)12-3/h8H,4-7H2,1-3H3. The highest BCUT2D eigenvalue weighted by molar-refractivity contribution is 5.82. The van der Waals surface area contributed by atoms with E-state index in [1.54, 1.807) is 6.08 Å². The lowest BCUT2D eigenvalue weighted by molar-refractivity contribution is -0.134. The van der Waals surface area contributed by atoms with Crippen LogP contribution in [0.3, 0.4) is 0 Å². The van der Waals surface area contributed by atoms with Gasteiger partial charge >= 0.3 is 5.97 Å². The van der Waals surface area contributed by atoms with Gasteiger partial charge in [-0.3, -0.25) is 0 Å². The van der Waals surface area contributed by atoms with Crippen molar-refractivity contribution in [3.63, 3.8) is 0 Å². The van der Waals surface area contributed by atoms with Gasteiger partial charge in [0.1, 0.15) is 0 Å². The van der Waals surface area contributed by atoms with Crippen molar-refractivity contribution < 1.29 is 9.53 Å². The minimum Gasteiger partial charge on any atom is -0.466 e. The second-order valence-corrected chi connectivity index (χ2v) is 2.97. The molecule has 0 bridgehead atoms. The van der Waals surface area contributed by atoms with Crippen LogP contribution in [0.25, 0.3) is 0 Å². The Balaban J connectivity index is 3.62. The average Bonchev–Trinajstić information content (AvgIpc) is 2.05. The van der Waals surface area contributed by atoms with Crippen molar-refractivity contribution in [1.29, 1.82) is 0 Å². The number of esters is 1. The van der Waals surface area contributed by atoms with Crippen LogP contribution in [0.1, 0.15) is 39.5 Å². The summed E-state index contributed by atoms with van der Waals surface area (Å²) in [6.07, 6.45) is 6.17. The number of carbonyl (C=O) groups excluding carboxylic acids is 1. The van der Waals surface area contributed by atoms with Crippen molar-refractivity contribution >= 4 is 5.97 Å². The van der Waals surface area contributed by atoms with E-state index in [2.05, 4.69) is 11.7 Å². The summed E-state index contributed by atoms with van der Waals surface area (Å²) >= 11 is 0. The summed E-state index contributed by atoms with van der Waals surface area (Å²) in [6.45, 7) is 4.13. The van der Waals surface area contributed by atoms with Crippen molar-refractivity contribution in [2.45, 2.75) is 39.5 Å². The van der Waals surface area contributed by atoms with Gasteiger partial charge in [-0.15, -0.1) is 0 Å². The number of hydrogen-bond donors (Lipinski definition) is 0. The van der Waals surface area contributed by atoms with E-state index < -0.39 is 0 Å². The smallest absolute Gasteiger partial charge is 0.330 e. The summed E-state index contributed by atoms with van der Waals surface area (Å²) in [6, 6.07) is 0. The zero-order valence-corrected chi connectivity index (χ0v) is 8.22. The molecule has 0 aliphatic rings. The van der Waals surface area contributed by atoms with Crippen molar-refractivity contribution in [3.05, 3.63) is 11.6 Å². The van der Waals surface area contributed by atoms with Crippen molar-refractivity contribution in [3.8, 4) is 0 Å². The molecule has 0 spiro atoms. The molecule has 0 aromatic carbocycles. The Labute approximate surface area is 74.6 Å². The molecule has 0 aliphatic carbocycles. The van der Waals surface area contributed by atoms with Crippen LogP contribution >= 0.6 is 0 Å². The maximum absolute atomic E-state index is 10.8. The third-order valence-electron chi connectivity index (χ3n) is 1.74. The number of unbranched alkanes of at least 4 members (excludes halogenated alkanes) is 2. The summed E-state index contributed by atoms with van der Waals surface area (Å²) in [5, 5.41) is 0. The first-order valence-corrected chi connectivity index (χ1v) is 4.45. The zero-order valence-electron chi connectivity index (χ0n) is 8.22. The number of allylic oxidation sites excluding steroid dienone is 1. The van der Waals surface area contributed by atoms with E-state index in [4.69, 9.17) is 0 Å². The van der Waals surface area contributed by atoms with E-state index in [1.807, 2.05) is 6.92 Å². The van der Waals surface area contributed by atoms with Gasteiger partial charge in [0.25, 0.3) is 0 Å². The Morgan fingerprint density at radius 1 is 1.42 bits per heavy atom. The zero-order chi connectivity index (χ0) is 9.40. The molecule has 0 N–H and O–H groups in total. The molecule has 0 aliphatic heterocycles. The van der Waals surface area contributed by atoms with Crippen LogP contribution in [0.5, 0.6) is 0 Å². The fraction of sp³-hybridized carbons (Fsp3) is 0.700. The van der Waals surface area contributed by atoms with E-state index in [-0.39, 0.29) is 5.97 Å². The molecule has 2 heteroatoms. The Morgan fingerprint density at radius 2 is 2.08 bits per heavy atom. The van der Waals surface area contributed by atoms with Gasteiger partial charge in [0.15, 0.2) is 0 Å². The molecule has 0 rings (SSSR count). The van der Waals surface area contributed by atoms with Gasteiger partial charge in [0.2, 0.25) is 0 Å². The van der Waals surface area contributed by atoms with Gasteiger partial charge in [-0.25, -0.2) is 4.79 Å². The molecule has 70 valence electrons. The molecule has 0 saturated heterocycles. The average molecular weight is 170 g/mol. The first-order valence-electron chi connectivity index (χ1n) is 4.45. The van der Waals surface area contributed by atoms with E-state index in [1.165, 1.54) is 20.0 Å². The minimum absolute atomic E-state index is 0.246. The van der Waals surface area contributed by atoms with Crippen LogP contribution in [0.2, 0.25) is 0 Å². The van der Waals surface area contributed by atoms with Gasteiger partial charge < -0.3 is 4.74 Å². The van der Waals surface area contributed by atoms with Crippen molar-refractivity contribution in [2.75, 3.05) is 7.11 Å². The lowest BCUT2D eigenvalue weighted by Crippen LogP contribution is -1.95. The predicted molar refractivity (Wildman–Crippen MR) is 49.9 cm³/mol. The minimum atomic E-state index is -0.246. The van der Waals surface area contributed by atoms with Crippen LogP contribution in [0.15, 0.2) is 11.6 Å². The molecule has 0 radical (unpaired) electrons. The van der Waals surface area contributed by atoms with Gasteiger partial charge in [0.05, 0.1) is 7.11 Å². The number of rotatable bonds is 5. The normalized spacial score (nSPS) is 11.4. The summed E-state index contributed by atoms with van der Waals surface area (Å²) in [7, 11) is 1.40. The van der Waals surface area contributed by atoms with Gasteiger partial charge in [-0.2, -0.15) is 0 Å². The SMILES string of the molecule is CCCCCC(C)=CC(=O)OC. The quantitative estimate of drug-likeness (QED) is 0.360. The third kappa shape index (κ3) is 5.96. The highest BCUT2D eigenvalue weighted by Crippen LogP contribution is 2.07. The van der Waals surface area contributed by atoms with Gasteiger partial charge in [-0.05, 0) is 19.8 Å². The molecule has 0 atom stereocenters. The Hall–Kier alpha value is -0.790.